The molecule has 102 valence electrons. The van der Waals surface area contributed by atoms with Crippen LogP contribution in [0.4, 0.5) is 11.4 Å². The maximum atomic E-state index is 8.85. The quantitative estimate of drug-likeness (QED) is 0.814. The summed E-state index contributed by atoms with van der Waals surface area (Å²) >= 11 is 0. The van der Waals surface area contributed by atoms with Crippen molar-refractivity contribution in [2.75, 3.05) is 30.7 Å². The maximum absolute atomic E-state index is 8.85. The smallest absolute Gasteiger partial charge is 0.101 e. The van der Waals surface area contributed by atoms with Crippen molar-refractivity contribution in [1.29, 1.82) is 5.26 Å². The third-order valence-electron chi connectivity index (χ3n) is 3.57. The molecule has 1 aromatic carbocycles. The van der Waals surface area contributed by atoms with E-state index in [9.17, 15) is 0 Å². The highest BCUT2D eigenvalue weighted by Crippen LogP contribution is 2.18. The Bertz CT molecular complexity index is 458. The zero-order valence-electron chi connectivity index (χ0n) is 11.5. The monoisotopic (exact) mass is 258 g/mol. The van der Waals surface area contributed by atoms with Gasteiger partial charge in [-0.2, -0.15) is 5.26 Å². The van der Waals surface area contributed by atoms with E-state index in [4.69, 9.17) is 11.0 Å². The van der Waals surface area contributed by atoms with Gasteiger partial charge in [0.05, 0.1) is 11.3 Å². The fraction of sp³-hybridized carbons (Fsp3) is 0.533. The van der Waals surface area contributed by atoms with E-state index < -0.39 is 0 Å². The Morgan fingerprint density at radius 2 is 2.11 bits per heavy atom. The molecule has 1 aliphatic rings. The molecule has 1 aliphatic heterocycles. The van der Waals surface area contributed by atoms with Gasteiger partial charge in [0.15, 0.2) is 0 Å². The van der Waals surface area contributed by atoms with Gasteiger partial charge in [-0.15, -0.1) is 0 Å². The molecule has 0 saturated carbocycles. The number of nitrogens with two attached hydrogens (primary N) is 1. The zero-order valence-corrected chi connectivity index (χ0v) is 11.5. The van der Waals surface area contributed by atoms with Crippen LogP contribution in [0.1, 0.15) is 31.7 Å². The first-order valence-corrected chi connectivity index (χ1v) is 6.97. The van der Waals surface area contributed by atoms with Crippen LogP contribution in [0, 0.1) is 11.3 Å². The van der Waals surface area contributed by atoms with Crippen LogP contribution >= 0.6 is 0 Å². The highest BCUT2D eigenvalue weighted by molar-refractivity contribution is 5.62. The highest BCUT2D eigenvalue weighted by atomic mass is 15.1. The van der Waals surface area contributed by atoms with Crippen LogP contribution in [0.2, 0.25) is 0 Å². The van der Waals surface area contributed by atoms with Gasteiger partial charge in [-0.1, -0.05) is 6.42 Å². The predicted molar refractivity (Wildman–Crippen MR) is 78.9 cm³/mol. The first kappa shape index (κ1) is 13.7. The number of hydrogen-bond donors (Lipinski definition) is 2. The molecule has 0 radical (unpaired) electrons. The van der Waals surface area contributed by atoms with Gasteiger partial charge in [0.1, 0.15) is 6.07 Å². The van der Waals surface area contributed by atoms with Gasteiger partial charge in [0.25, 0.3) is 0 Å². The SMILES string of the molecule is CC(CN1CCCCC1)Nc1ccc(C#N)c(N)c1. The second-order valence-electron chi connectivity index (χ2n) is 5.32. The number of nitriles is 1. The van der Waals surface area contributed by atoms with Crippen molar-refractivity contribution in [3.05, 3.63) is 23.8 Å². The second kappa shape index (κ2) is 6.44. The molecule has 1 saturated heterocycles. The average Bonchev–Trinajstić information content (AvgIpc) is 2.40. The fourth-order valence-electron chi connectivity index (χ4n) is 2.61. The van der Waals surface area contributed by atoms with E-state index in [0.29, 0.717) is 17.3 Å². The lowest BCUT2D eigenvalue weighted by molar-refractivity contribution is 0.223. The summed E-state index contributed by atoms with van der Waals surface area (Å²) in [5.41, 5.74) is 7.88. The maximum Gasteiger partial charge on any atom is 0.101 e. The Morgan fingerprint density at radius 1 is 1.37 bits per heavy atom. The molecule has 4 heteroatoms. The molecule has 4 nitrogen and oxygen atoms in total. The summed E-state index contributed by atoms with van der Waals surface area (Å²) in [6.45, 7) is 5.66. The average molecular weight is 258 g/mol. The largest absolute Gasteiger partial charge is 0.398 e. The molecule has 3 N–H and O–H groups in total. The number of benzene rings is 1. The van der Waals surface area contributed by atoms with Crippen LogP contribution < -0.4 is 11.1 Å². The number of anilines is 2. The molecule has 2 rings (SSSR count). The van der Waals surface area contributed by atoms with E-state index >= 15 is 0 Å². The van der Waals surface area contributed by atoms with Crippen LogP contribution in [0.15, 0.2) is 18.2 Å². The molecule has 1 heterocycles. The Labute approximate surface area is 115 Å². The summed E-state index contributed by atoms with van der Waals surface area (Å²) in [7, 11) is 0. The Kier molecular flexibility index (Phi) is 4.64. The van der Waals surface area contributed by atoms with Crippen molar-refractivity contribution in [3.63, 3.8) is 0 Å². The molecule has 0 aromatic heterocycles. The van der Waals surface area contributed by atoms with Crippen molar-refractivity contribution >= 4 is 11.4 Å². The minimum Gasteiger partial charge on any atom is -0.398 e. The highest BCUT2D eigenvalue weighted by Gasteiger charge is 2.13. The molecule has 1 unspecified atom stereocenters. The first-order chi connectivity index (χ1) is 9.19. The van der Waals surface area contributed by atoms with Crippen LogP contribution in [0.5, 0.6) is 0 Å². The van der Waals surface area contributed by atoms with Crippen LogP contribution in [0.25, 0.3) is 0 Å². The third-order valence-corrected chi connectivity index (χ3v) is 3.57. The summed E-state index contributed by atoms with van der Waals surface area (Å²) < 4.78 is 0. The van der Waals surface area contributed by atoms with Crippen molar-refractivity contribution in [3.8, 4) is 6.07 Å². The van der Waals surface area contributed by atoms with E-state index in [1.54, 1.807) is 6.07 Å². The van der Waals surface area contributed by atoms with Gasteiger partial charge in [-0.3, -0.25) is 0 Å². The molecule has 1 fully saturated rings. The predicted octanol–water partition coefficient (Wildman–Crippen LogP) is 2.43. The summed E-state index contributed by atoms with van der Waals surface area (Å²) in [4.78, 5) is 2.51. The minimum absolute atomic E-state index is 0.380. The Hall–Kier alpha value is -1.73. The van der Waals surface area contributed by atoms with Gasteiger partial charge in [-0.05, 0) is 51.1 Å². The molecule has 0 bridgehead atoms. The molecule has 1 atom stereocenters. The van der Waals surface area contributed by atoms with Gasteiger partial charge in [-0.25, -0.2) is 0 Å². The molecule has 0 amide bonds. The van der Waals surface area contributed by atoms with Crippen molar-refractivity contribution in [2.24, 2.45) is 0 Å². The van der Waals surface area contributed by atoms with Crippen molar-refractivity contribution in [2.45, 2.75) is 32.2 Å². The van der Waals surface area contributed by atoms with Gasteiger partial charge in [0.2, 0.25) is 0 Å². The third kappa shape index (κ3) is 3.87. The topological polar surface area (TPSA) is 65.1 Å². The Balaban J connectivity index is 1.89. The molecule has 1 aromatic rings. The zero-order chi connectivity index (χ0) is 13.7. The van der Waals surface area contributed by atoms with Gasteiger partial charge < -0.3 is 16.0 Å². The lowest BCUT2D eigenvalue weighted by Gasteiger charge is -2.29. The second-order valence-corrected chi connectivity index (χ2v) is 5.32. The summed E-state index contributed by atoms with van der Waals surface area (Å²) in [6, 6.07) is 7.99. The normalized spacial score (nSPS) is 17.7. The van der Waals surface area contributed by atoms with Crippen LogP contribution in [-0.2, 0) is 0 Å². The van der Waals surface area contributed by atoms with Crippen LogP contribution in [0.3, 0.4) is 0 Å². The van der Waals surface area contributed by atoms with Gasteiger partial charge >= 0.3 is 0 Å². The summed E-state index contributed by atoms with van der Waals surface area (Å²) in [5.74, 6) is 0. The molecule has 0 spiro atoms. The molecular weight excluding hydrogens is 236 g/mol. The molecule has 0 aliphatic carbocycles. The van der Waals surface area contributed by atoms with Crippen molar-refractivity contribution < 1.29 is 0 Å². The van der Waals surface area contributed by atoms with E-state index in [1.807, 2.05) is 12.1 Å². The van der Waals surface area contributed by atoms with E-state index in [1.165, 1.54) is 32.4 Å². The lowest BCUT2D eigenvalue weighted by Crippen LogP contribution is -2.38. The number of nitrogens with zero attached hydrogens (tertiary/aromatic N) is 2. The number of rotatable bonds is 4. The summed E-state index contributed by atoms with van der Waals surface area (Å²) in [5, 5.41) is 12.3. The molecular formula is C15H22N4. The Morgan fingerprint density at radius 3 is 2.74 bits per heavy atom. The van der Waals surface area contributed by atoms with E-state index in [-0.39, 0.29) is 0 Å². The van der Waals surface area contributed by atoms with Crippen molar-refractivity contribution in [1.82, 2.24) is 4.90 Å². The number of hydrogen-bond acceptors (Lipinski definition) is 4. The van der Waals surface area contributed by atoms with Gasteiger partial charge in [0, 0.05) is 18.3 Å². The number of piperidine rings is 1. The standard InChI is InChI=1S/C15H22N4/c1-12(11-19-7-3-2-4-8-19)18-14-6-5-13(10-16)15(17)9-14/h5-6,9,12,18H,2-4,7-8,11,17H2,1H3. The lowest BCUT2D eigenvalue weighted by atomic mass is 10.1. The summed E-state index contributed by atoms with van der Waals surface area (Å²) in [6.07, 6.45) is 4.00. The number of nitrogens with one attached hydrogen (secondary N) is 1. The first-order valence-electron chi connectivity index (χ1n) is 6.97. The fourth-order valence-corrected chi connectivity index (χ4v) is 2.61. The number of nitrogen functional groups attached to an aromatic ring is 1. The van der Waals surface area contributed by atoms with Crippen LogP contribution in [-0.4, -0.2) is 30.6 Å². The van der Waals surface area contributed by atoms with E-state index in [0.717, 1.165) is 12.2 Å². The van der Waals surface area contributed by atoms with E-state index in [2.05, 4.69) is 23.2 Å². The number of likely N-dealkylation sites (tertiary alicyclic amines) is 1. The molecule has 19 heavy (non-hydrogen) atoms. The minimum atomic E-state index is 0.380.